The number of nitro benzene ring substituents is 1. The van der Waals surface area contributed by atoms with Crippen LogP contribution in [0.2, 0.25) is 0 Å². The fourth-order valence-electron chi connectivity index (χ4n) is 3.01. The Morgan fingerprint density at radius 2 is 1.79 bits per heavy atom. The molecule has 9 heteroatoms. The van der Waals surface area contributed by atoms with Crippen LogP contribution in [-0.2, 0) is 9.53 Å². The summed E-state index contributed by atoms with van der Waals surface area (Å²) in [6, 6.07) is 10.9. The van der Waals surface area contributed by atoms with E-state index in [1.807, 2.05) is 0 Å². The molecule has 1 heterocycles. The molecular weight excluding hydrogens is 366 g/mol. The normalized spacial score (nSPS) is 16.1. The third-order valence-corrected chi connectivity index (χ3v) is 4.30. The number of carbonyl (C=O) groups excluding carboxylic acids is 2. The summed E-state index contributed by atoms with van der Waals surface area (Å²) in [7, 11) is 2.72. The minimum absolute atomic E-state index is 0.0570. The van der Waals surface area contributed by atoms with Gasteiger partial charge in [-0.15, -0.1) is 0 Å². The quantitative estimate of drug-likeness (QED) is 0.465. The first-order chi connectivity index (χ1) is 13.5. The summed E-state index contributed by atoms with van der Waals surface area (Å²) in [6.45, 7) is 0. The summed E-state index contributed by atoms with van der Waals surface area (Å²) >= 11 is 0. The largest absolute Gasteiger partial charge is 0.497 e. The van der Waals surface area contributed by atoms with Gasteiger partial charge in [-0.3, -0.25) is 10.1 Å². The molecule has 1 unspecified atom stereocenters. The summed E-state index contributed by atoms with van der Waals surface area (Å²) in [5, 5.41) is 16.6. The second-order valence-electron chi connectivity index (χ2n) is 5.86. The fourth-order valence-corrected chi connectivity index (χ4v) is 3.01. The van der Waals surface area contributed by atoms with E-state index < -0.39 is 23.0 Å². The van der Waals surface area contributed by atoms with Crippen LogP contribution >= 0.6 is 0 Å². The molecule has 0 aliphatic carbocycles. The van der Waals surface area contributed by atoms with E-state index in [0.29, 0.717) is 11.3 Å². The van der Waals surface area contributed by atoms with Gasteiger partial charge in [0.25, 0.3) is 5.69 Å². The Hall–Kier alpha value is -3.88. The predicted molar refractivity (Wildman–Crippen MR) is 99.4 cm³/mol. The van der Waals surface area contributed by atoms with Crippen molar-refractivity contribution in [2.75, 3.05) is 14.2 Å². The molecule has 2 aromatic rings. The SMILES string of the molecule is COC(=O)C1=C(c2ccc(OC)cc2)NC(=O)NC1c1ccccc1[N+](=O)[O-]. The van der Waals surface area contributed by atoms with E-state index in [4.69, 9.17) is 9.47 Å². The van der Waals surface area contributed by atoms with Crippen LogP contribution in [0.5, 0.6) is 5.75 Å². The van der Waals surface area contributed by atoms with Crippen LogP contribution in [0.15, 0.2) is 54.1 Å². The number of nitro groups is 1. The first-order valence-corrected chi connectivity index (χ1v) is 8.24. The number of nitrogens with zero attached hydrogens (tertiary/aromatic N) is 1. The molecule has 28 heavy (non-hydrogen) atoms. The lowest BCUT2D eigenvalue weighted by Crippen LogP contribution is -2.45. The Bertz CT molecular complexity index is 968. The van der Waals surface area contributed by atoms with Crippen LogP contribution in [0, 0.1) is 10.1 Å². The number of rotatable bonds is 5. The fraction of sp³-hybridized carbons (Fsp3) is 0.158. The lowest BCUT2D eigenvalue weighted by Gasteiger charge is -2.29. The Morgan fingerprint density at radius 1 is 1.11 bits per heavy atom. The maximum Gasteiger partial charge on any atom is 0.338 e. The molecule has 2 aromatic carbocycles. The average Bonchev–Trinajstić information content (AvgIpc) is 2.72. The van der Waals surface area contributed by atoms with Crippen molar-refractivity contribution in [3.63, 3.8) is 0 Å². The van der Waals surface area contributed by atoms with Gasteiger partial charge in [-0.1, -0.05) is 12.1 Å². The van der Waals surface area contributed by atoms with Gasteiger partial charge in [-0.05, 0) is 35.9 Å². The van der Waals surface area contributed by atoms with Crippen LogP contribution in [0.3, 0.4) is 0 Å². The molecular formula is C19H17N3O6. The Kier molecular flexibility index (Phi) is 5.25. The van der Waals surface area contributed by atoms with Gasteiger partial charge in [0.2, 0.25) is 0 Å². The highest BCUT2D eigenvalue weighted by Crippen LogP contribution is 2.36. The lowest BCUT2D eigenvalue weighted by atomic mass is 9.91. The highest BCUT2D eigenvalue weighted by atomic mass is 16.6. The minimum Gasteiger partial charge on any atom is -0.497 e. The molecule has 0 spiro atoms. The van der Waals surface area contributed by atoms with E-state index >= 15 is 0 Å². The number of hydrogen-bond donors (Lipinski definition) is 2. The number of carbonyl (C=O) groups is 2. The van der Waals surface area contributed by atoms with Gasteiger partial charge in [0.15, 0.2) is 0 Å². The molecule has 0 radical (unpaired) electrons. The third-order valence-electron chi connectivity index (χ3n) is 4.30. The van der Waals surface area contributed by atoms with E-state index in [1.54, 1.807) is 30.3 Å². The van der Waals surface area contributed by atoms with Gasteiger partial charge in [-0.25, -0.2) is 9.59 Å². The van der Waals surface area contributed by atoms with Gasteiger partial charge in [0, 0.05) is 6.07 Å². The molecule has 144 valence electrons. The standard InChI is InChI=1S/C19H17N3O6/c1-27-12-9-7-11(8-10-12)16-15(18(23)28-2)17(21-19(24)20-16)13-5-3-4-6-14(13)22(25)26/h3-10,17H,1-2H3,(H2,20,21,24). The summed E-state index contributed by atoms with van der Waals surface area (Å²) in [5.74, 6) is -0.124. The van der Waals surface area contributed by atoms with Crippen molar-refractivity contribution in [2.24, 2.45) is 0 Å². The molecule has 0 fully saturated rings. The summed E-state index contributed by atoms with van der Waals surface area (Å²) in [5.41, 5.74) is 0.751. The lowest BCUT2D eigenvalue weighted by molar-refractivity contribution is -0.385. The minimum atomic E-state index is -1.06. The molecule has 1 aliphatic rings. The average molecular weight is 383 g/mol. The number of urea groups is 1. The number of ether oxygens (including phenoxy) is 2. The van der Waals surface area contributed by atoms with Gasteiger partial charge in [-0.2, -0.15) is 0 Å². The number of nitrogens with one attached hydrogen (secondary N) is 2. The van der Waals surface area contributed by atoms with Crippen LogP contribution < -0.4 is 15.4 Å². The van der Waals surface area contributed by atoms with Gasteiger partial charge in [0.1, 0.15) is 5.75 Å². The van der Waals surface area contributed by atoms with Gasteiger partial charge < -0.3 is 20.1 Å². The molecule has 9 nitrogen and oxygen atoms in total. The van der Waals surface area contributed by atoms with Crippen LogP contribution in [0.4, 0.5) is 10.5 Å². The molecule has 0 aromatic heterocycles. The molecule has 0 saturated heterocycles. The Balaban J connectivity index is 2.22. The molecule has 2 N–H and O–H groups in total. The number of esters is 1. The smallest absolute Gasteiger partial charge is 0.338 e. The van der Waals surface area contributed by atoms with Crippen molar-refractivity contribution in [1.82, 2.24) is 10.6 Å². The van der Waals surface area contributed by atoms with E-state index in [0.717, 1.165) is 0 Å². The number of hydrogen-bond acceptors (Lipinski definition) is 6. The zero-order chi connectivity index (χ0) is 20.3. The van der Waals surface area contributed by atoms with E-state index in [1.165, 1.54) is 32.4 Å². The van der Waals surface area contributed by atoms with Gasteiger partial charge >= 0.3 is 12.0 Å². The van der Waals surface area contributed by atoms with Crippen molar-refractivity contribution in [2.45, 2.75) is 6.04 Å². The summed E-state index contributed by atoms with van der Waals surface area (Å²) in [4.78, 5) is 35.7. The highest BCUT2D eigenvalue weighted by Gasteiger charge is 2.37. The zero-order valence-corrected chi connectivity index (χ0v) is 15.1. The molecule has 2 amide bonds. The zero-order valence-electron chi connectivity index (χ0n) is 15.1. The van der Waals surface area contributed by atoms with Gasteiger partial charge in [0.05, 0.1) is 42.0 Å². The topological polar surface area (TPSA) is 120 Å². The Labute approximate surface area is 160 Å². The number of amides is 2. The maximum atomic E-state index is 12.6. The molecule has 1 aliphatic heterocycles. The number of methoxy groups -OCH3 is 2. The van der Waals surface area contributed by atoms with E-state index in [2.05, 4.69) is 10.6 Å². The Morgan fingerprint density at radius 3 is 2.39 bits per heavy atom. The monoisotopic (exact) mass is 383 g/mol. The predicted octanol–water partition coefficient (Wildman–Crippen LogP) is 2.54. The first-order valence-electron chi connectivity index (χ1n) is 8.24. The molecule has 3 rings (SSSR count). The van der Waals surface area contributed by atoms with Crippen LogP contribution in [0.1, 0.15) is 17.2 Å². The van der Waals surface area contributed by atoms with Crippen molar-refractivity contribution in [3.05, 3.63) is 75.3 Å². The first kappa shape index (κ1) is 18.9. The maximum absolute atomic E-state index is 12.6. The molecule has 1 atom stereocenters. The van der Waals surface area contributed by atoms with E-state index in [-0.39, 0.29) is 22.5 Å². The van der Waals surface area contributed by atoms with Crippen molar-refractivity contribution < 1.29 is 24.0 Å². The number of benzene rings is 2. The summed E-state index contributed by atoms with van der Waals surface area (Å²) < 4.78 is 10.0. The van der Waals surface area contributed by atoms with Crippen LogP contribution in [0.25, 0.3) is 5.70 Å². The number of para-hydroxylation sites is 1. The molecule has 0 saturated carbocycles. The third kappa shape index (κ3) is 3.50. The van der Waals surface area contributed by atoms with Crippen LogP contribution in [-0.4, -0.2) is 31.1 Å². The van der Waals surface area contributed by atoms with Crippen molar-refractivity contribution in [1.29, 1.82) is 0 Å². The highest BCUT2D eigenvalue weighted by molar-refractivity contribution is 6.04. The van der Waals surface area contributed by atoms with Crippen molar-refractivity contribution >= 4 is 23.4 Å². The van der Waals surface area contributed by atoms with E-state index in [9.17, 15) is 19.7 Å². The second kappa shape index (κ2) is 7.78. The summed E-state index contributed by atoms with van der Waals surface area (Å²) in [6.07, 6.45) is 0. The molecule has 0 bridgehead atoms. The van der Waals surface area contributed by atoms with Crippen molar-refractivity contribution in [3.8, 4) is 5.75 Å². The second-order valence-corrected chi connectivity index (χ2v) is 5.86.